The highest BCUT2D eigenvalue weighted by Gasteiger charge is 2.22. The number of aromatic nitrogens is 1. The highest BCUT2D eigenvalue weighted by Crippen LogP contribution is 2.30. The fourth-order valence-electron chi connectivity index (χ4n) is 1.29. The number of thiazole rings is 1. The summed E-state index contributed by atoms with van der Waals surface area (Å²) in [6.45, 7) is 0. The molecule has 0 amide bonds. The van der Waals surface area contributed by atoms with Gasteiger partial charge in [0.2, 0.25) is 0 Å². The number of phenolic OH excluding ortho intramolecular Hbond substituents is 1. The Balaban J connectivity index is 2.39. The highest BCUT2D eigenvalue weighted by molar-refractivity contribution is 9.11. The van der Waals surface area contributed by atoms with Gasteiger partial charge >= 0.3 is 5.69 Å². The lowest BCUT2D eigenvalue weighted by Gasteiger charge is -2.05. The third-order valence-corrected chi connectivity index (χ3v) is 5.01. The van der Waals surface area contributed by atoms with Crippen LogP contribution in [0.3, 0.4) is 0 Å². The van der Waals surface area contributed by atoms with Gasteiger partial charge in [0.05, 0.1) is 19.8 Å². The number of sulfonamides is 1. The number of anilines is 1. The van der Waals surface area contributed by atoms with Crippen molar-refractivity contribution < 1.29 is 18.4 Å². The zero-order chi connectivity index (χ0) is 14.9. The highest BCUT2D eigenvalue weighted by atomic mass is 79.9. The predicted molar refractivity (Wildman–Crippen MR) is 75.4 cm³/mol. The smallest absolute Gasteiger partial charge is 0.312 e. The van der Waals surface area contributed by atoms with Crippen LogP contribution in [0.25, 0.3) is 0 Å². The van der Waals surface area contributed by atoms with Crippen LogP contribution >= 0.6 is 27.3 Å². The molecule has 1 aromatic heterocycles. The predicted octanol–water partition coefficient (Wildman–Crippen LogP) is 2.32. The van der Waals surface area contributed by atoms with E-state index in [4.69, 9.17) is 0 Å². The van der Waals surface area contributed by atoms with Gasteiger partial charge in [0.15, 0.2) is 10.9 Å². The Morgan fingerprint density at radius 2 is 2.15 bits per heavy atom. The summed E-state index contributed by atoms with van der Waals surface area (Å²) in [6.07, 6.45) is 1.42. The van der Waals surface area contributed by atoms with Crippen molar-refractivity contribution in [2.75, 3.05) is 4.72 Å². The van der Waals surface area contributed by atoms with Crippen molar-refractivity contribution >= 4 is 48.1 Å². The molecule has 0 saturated carbocycles. The van der Waals surface area contributed by atoms with E-state index in [1.54, 1.807) is 0 Å². The summed E-state index contributed by atoms with van der Waals surface area (Å²) < 4.78 is 26.9. The number of benzene rings is 1. The monoisotopic (exact) mass is 379 g/mol. The fourth-order valence-corrected chi connectivity index (χ4v) is 3.66. The molecule has 0 radical (unpaired) electrons. The van der Waals surface area contributed by atoms with Gasteiger partial charge in [-0.2, -0.15) is 0 Å². The Kier molecular flexibility index (Phi) is 3.92. The van der Waals surface area contributed by atoms with Gasteiger partial charge < -0.3 is 5.11 Å². The van der Waals surface area contributed by atoms with Gasteiger partial charge in [0, 0.05) is 6.07 Å². The largest absolute Gasteiger partial charge is 0.502 e. The summed E-state index contributed by atoms with van der Waals surface area (Å²) >= 11 is 4.19. The van der Waals surface area contributed by atoms with Gasteiger partial charge in [-0.25, -0.2) is 13.4 Å². The van der Waals surface area contributed by atoms with Crippen molar-refractivity contribution in [2.45, 2.75) is 4.90 Å². The molecule has 1 heterocycles. The summed E-state index contributed by atoms with van der Waals surface area (Å²) in [4.78, 5) is 13.3. The summed E-state index contributed by atoms with van der Waals surface area (Å²) in [5.74, 6) is -0.606. The molecule has 0 aliphatic heterocycles. The molecule has 0 atom stereocenters. The Bertz CT molecular complexity index is 774. The lowest BCUT2D eigenvalue weighted by molar-refractivity contribution is -0.386. The van der Waals surface area contributed by atoms with E-state index in [-0.39, 0.29) is 10.0 Å². The molecule has 1 aromatic carbocycles. The number of phenols is 1. The summed E-state index contributed by atoms with van der Waals surface area (Å²) in [5.41, 5.74) is -0.687. The van der Waals surface area contributed by atoms with Crippen LogP contribution in [0, 0.1) is 10.1 Å². The number of nitrogens with zero attached hydrogens (tertiary/aromatic N) is 2. The Morgan fingerprint density at radius 1 is 1.45 bits per heavy atom. The maximum absolute atomic E-state index is 12.0. The summed E-state index contributed by atoms with van der Waals surface area (Å²) in [5, 5.41) is 20.1. The molecule has 8 nitrogen and oxygen atoms in total. The minimum atomic E-state index is -4.01. The van der Waals surface area contributed by atoms with Gasteiger partial charge in [-0.05, 0) is 28.1 Å². The normalized spacial score (nSPS) is 11.2. The van der Waals surface area contributed by atoms with Crippen LogP contribution in [0.2, 0.25) is 0 Å². The maximum atomic E-state index is 12.0. The van der Waals surface area contributed by atoms with Crippen molar-refractivity contribution in [1.29, 1.82) is 0 Å². The van der Waals surface area contributed by atoms with Crippen LogP contribution in [0.15, 0.2) is 33.1 Å². The number of hydrogen-bond acceptors (Lipinski definition) is 7. The molecule has 0 fully saturated rings. The second-order valence-corrected chi connectivity index (χ2v) is 7.57. The van der Waals surface area contributed by atoms with Crippen LogP contribution in [0.5, 0.6) is 5.75 Å². The Hall–Kier alpha value is -1.72. The molecular formula is C9H6BrN3O5S2. The minimum Gasteiger partial charge on any atom is -0.502 e. The molecule has 2 N–H and O–H groups in total. The molecule has 0 unspecified atom stereocenters. The third-order valence-electron chi connectivity index (χ3n) is 2.15. The first-order valence-electron chi connectivity index (χ1n) is 4.91. The van der Waals surface area contributed by atoms with Crippen molar-refractivity contribution in [3.05, 3.63) is 38.3 Å². The van der Waals surface area contributed by atoms with E-state index in [0.29, 0.717) is 3.79 Å². The van der Waals surface area contributed by atoms with E-state index in [2.05, 4.69) is 25.6 Å². The number of nitrogens with one attached hydrogen (secondary N) is 1. The van der Waals surface area contributed by atoms with E-state index in [1.807, 2.05) is 0 Å². The average Bonchev–Trinajstić information content (AvgIpc) is 2.73. The van der Waals surface area contributed by atoms with E-state index in [1.165, 1.54) is 6.20 Å². The van der Waals surface area contributed by atoms with Crippen LogP contribution in [-0.2, 0) is 10.0 Å². The van der Waals surface area contributed by atoms with Crippen LogP contribution < -0.4 is 4.72 Å². The van der Waals surface area contributed by atoms with E-state index in [9.17, 15) is 23.6 Å². The van der Waals surface area contributed by atoms with Gasteiger partial charge in [-0.3, -0.25) is 14.8 Å². The van der Waals surface area contributed by atoms with Gasteiger partial charge in [-0.15, -0.1) is 0 Å². The number of nitro groups is 1. The SMILES string of the molecule is O=[N+]([O-])c1cc(S(=O)(=O)Nc2ncc(Br)s2)ccc1O. The quantitative estimate of drug-likeness (QED) is 0.620. The van der Waals surface area contributed by atoms with Gasteiger partial charge in [0.1, 0.15) is 0 Å². The standard InChI is InChI=1S/C9H6BrN3O5S2/c10-8-4-11-9(19-8)12-20(17,18)5-1-2-7(14)6(3-5)13(15)16/h1-4,14H,(H,11,12). The first kappa shape index (κ1) is 14.7. The molecule has 0 aliphatic rings. The van der Waals surface area contributed by atoms with E-state index in [0.717, 1.165) is 29.5 Å². The molecular weight excluding hydrogens is 374 g/mol. The van der Waals surface area contributed by atoms with Crippen molar-refractivity contribution in [3.63, 3.8) is 0 Å². The van der Waals surface area contributed by atoms with Crippen LogP contribution in [0.4, 0.5) is 10.8 Å². The fraction of sp³-hybridized carbons (Fsp3) is 0. The number of aromatic hydroxyl groups is 1. The molecule has 0 spiro atoms. The van der Waals surface area contributed by atoms with Gasteiger partial charge in [0.25, 0.3) is 10.0 Å². The maximum Gasteiger partial charge on any atom is 0.312 e. The van der Waals surface area contributed by atoms with Crippen molar-refractivity contribution in [3.8, 4) is 5.75 Å². The van der Waals surface area contributed by atoms with Crippen LogP contribution in [-0.4, -0.2) is 23.4 Å². The topological polar surface area (TPSA) is 122 Å². The Labute approximate surface area is 125 Å². The van der Waals surface area contributed by atoms with Crippen LogP contribution in [0.1, 0.15) is 0 Å². The van der Waals surface area contributed by atoms with E-state index >= 15 is 0 Å². The molecule has 11 heteroatoms. The second-order valence-electron chi connectivity index (χ2n) is 3.48. The second kappa shape index (κ2) is 5.34. The molecule has 20 heavy (non-hydrogen) atoms. The summed E-state index contributed by atoms with van der Waals surface area (Å²) in [7, 11) is -4.01. The first-order chi connectivity index (χ1) is 9.29. The zero-order valence-electron chi connectivity index (χ0n) is 9.48. The first-order valence-corrected chi connectivity index (χ1v) is 8.00. The average molecular weight is 380 g/mol. The molecule has 2 rings (SSSR count). The molecule has 0 saturated heterocycles. The number of halogens is 1. The molecule has 0 bridgehead atoms. The summed E-state index contributed by atoms with van der Waals surface area (Å²) in [6, 6.07) is 2.79. The lowest BCUT2D eigenvalue weighted by Crippen LogP contribution is -2.12. The van der Waals surface area contributed by atoms with E-state index < -0.39 is 26.4 Å². The number of hydrogen-bond donors (Lipinski definition) is 2. The minimum absolute atomic E-state index is 0.118. The Morgan fingerprint density at radius 3 is 2.70 bits per heavy atom. The zero-order valence-corrected chi connectivity index (χ0v) is 12.7. The third kappa shape index (κ3) is 3.05. The number of nitro benzene ring substituents is 1. The number of rotatable bonds is 4. The van der Waals surface area contributed by atoms with Gasteiger partial charge in [-0.1, -0.05) is 11.3 Å². The molecule has 106 valence electrons. The van der Waals surface area contributed by atoms with Crippen molar-refractivity contribution in [1.82, 2.24) is 4.98 Å². The van der Waals surface area contributed by atoms with Crippen molar-refractivity contribution in [2.24, 2.45) is 0 Å². The molecule has 0 aliphatic carbocycles. The lowest BCUT2D eigenvalue weighted by atomic mass is 10.3. The molecule has 2 aromatic rings.